The first kappa shape index (κ1) is 27.7. The fourth-order valence-electron chi connectivity index (χ4n) is 4.54. The van der Waals surface area contributed by atoms with Crippen LogP contribution in [0, 0.1) is 17.3 Å². The van der Waals surface area contributed by atoms with E-state index in [-0.39, 0.29) is 16.3 Å². The summed E-state index contributed by atoms with van der Waals surface area (Å²) in [4.78, 5) is 19.8. The monoisotopic (exact) mass is 546 g/mol. The molecular formula is C29H27FN4O4S. The summed E-state index contributed by atoms with van der Waals surface area (Å²) < 4.78 is 42.8. The van der Waals surface area contributed by atoms with E-state index in [0.29, 0.717) is 36.0 Å². The van der Waals surface area contributed by atoms with Gasteiger partial charge in [0, 0.05) is 18.2 Å². The minimum absolute atomic E-state index is 0.194. The molecule has 10 heteroatoms. The van der Waals surface area contributed by atoms with Gasteiger partial charge in [0.1, 0.15) is 5.82 Å². The SMILES string of the molecule is CCCCc1nc(=O)c(S(=O)(=O)c2ccc(-c3cccnc3F)cc2)c(O)n1C(CC)c1cccc(C#N)c1. The summed E-state index contributed by atoms with van der Waals surface area (Å²) in [6.45, 7) is 3.82. The average molecular weight is 547 g/mol. The number of unbranched alkanes of at least 4 members (excludes halogenated alkanes) is 1. The van der Waals surface area contributed by atoms with E-state index < -0.39 is 38.2 Å². The quantitative estimate of drug-likeness (QED) is 0.286. The Bertz CT molecular complexity index is 1710. The summed E-state index contributed by atoms with van der Waals surface area (Å²) in [5.74, 6) is -1.15. The van der Waals surface area contributed by atoms with Gasteiger partial charge in [0.2, 0.25) is 21.7 Å². The molecule has 1 N–H and O–H groups in total. The molecule has 8 nitrogen and oxygen atoms in total. The fourth-order valence-corrected chi connectivity index (χ4v) is 5.88. The molecule has 1 unspecified atom stereocenters. The van der Waals surface area contributed by atoms with Crippen LogP contribution in [0.3, 0.4) is 0 Å². The van der Waals surface area contributed by atoms with Crippen molar-refractivity contribution in [1.29, 1.82) is 5.26 Å². The average Bonchev–Trinajstić information content (AvgIpc) is 2.94. The molecule has 0 aliphatic carbocycles. The van der Waals surface area contributed by atoms with Gasteiger partial charge in [-0.3, -0.25) is 9.36 Å². The molecule has 0 amide bonds. The van der Waals surface area contributed by atoms with Gasteiger partial charge in [-0.05, 0) is 60.4 Å². The second-order valence-corrected chi connectivity index (χ2v) is 10.9. The highest BCUT2D eigenvalue weighted by Crippen LogP contribution is 2.34. The molecule has 4 rings (SSSR count). The molecule has 4 aromatic rings. The highest BCUT2D eigenvalue weighted by atomic mass is 32.2. The lowest BCUT2D eigenvalue weighted by Crippen LogP contribution is -2.27. The van der Waals surface area contributed by atoms with Gasteiger partial charge < -0.3 is 5.11 Å². The third-order valence-electron chi connectivity index (χ3n) is 6.49. The first-order valence-electron chi connectivity index (χ1n) is 12.5. The van der Waals surface area contributed by atoms with E-state index in [2.05, 4.69) is 16.0 Å². The van der Waals surface area contributed by atoms with Gasteiger partial charge in [0.25, 0.3) is 5.56 Å². The summed E-state index contributed by atoms with van der Waals surface area (Å²) in [6.07, 6.45) is 3.54. The van der Waals surface area contributed by atoms with Crippen LogP contribution in [0.25, 0.3) is 11.1 Å². The van der Waals surface area contributed by atoms with Crippen LogP contribution in [0.4, 0.5) is 4.39 Å². The van der Waals surface area contributed by atoms with Gasteiger partial charge in [-0.2, -0.15) is 14.6 Å². The van der Waals surface area contributed by atoms with E-state index in [0.717, 1.165) is 6.42 Å². The van der Waals surface area contributed by atoms with Gasteiger partial charge in [-0.15, -0.1) is 0 Å². The number of pyridine rings is 1. The molecule has 0 aliphatic heterocycles. The van der Waals surface area contributed by atoms with Crippen LogP contribution < -0.4 is 5.56 Å². The second-order valence-electron chi connectivity index (χ2n) is 8.99. The Morgan fingerprint density at radius 1 is 1.10 bits per heavy atom. The van der Waals surface area contributed by atoms with Crippen LogP contribution in [0.5, 0.6) is 5.88 Å². The number of aromatic hydroxyl groups is 1. The number of nitriles is 1. The Morgan fingerprint density at radius 3 is 2.49 bits per heavy atom. The molecule has 39 heavy (non-hydrogen) atoms. The fraction of sp³-hybridized carbons (Fsp3) is 0.241. The first-order chi connectivity index (χ1) is 18.7. The summed E-state index contributed by atoms with van der Waals surface area (Å²) in [5.41, 5.74) is 0.614. The highest BCUT2D eigenvalue weighted by Gasteiger charge is 2.32. The molecule has 0 radical (unpaired) electrons. The van der Waals surface area contributed by atoms with Gasteiger partial charge in [0.15, 0.2) is 4.90 Å². The molecule has 2 heterocycles. The predicted molar refractivity (Wildman–Crippen MR) is 143 cm³/mol. The first-order valence-corrected chi connectivity index (χ1v) is 14.0. The number of halogens is 1. The van der Waals surface area contributed by atoms with Crippen molar-refractivity contribution in [3.05, 3.63) is 100 Å². The van der Waals surface area contributed by atoms with Crippen molar-refractivity contribution in [3.8, 4) is 23.1 Å². The van der Waals surface area contributed by atoms with Gasteiger partial charge >= 0.3 is 0 Å². The second kappa shape index (κ2) is 11.6. The zero-order chi connectivity index (χ0) is 28.2. The van der Waals surface area contributed by atoms with E-state index in [4.69, 9.17) is 0 Å². The Kier molecular flexibility index (Phi) is 8.21. The number of nitrogens with zero attached hydrogens (tertiary/aromatic N) is 4. The normalized spacial score (nSPS) is 12.2. The summed E-state index contributed by atoms with van der Waals surface area (Å²) in [7, 11) is -4.51. The smallest absolute Gasteiger partial charge is 0.296 e. The summed E-state index contributed by atoms with van der Waals surface area (Å²) >= 11 is 0. The molecule has 0 saturated heterocycles. The summed E-state index contributed by atoms with van der Waals surface area (Å²) in [6, 6.07) is 16.7. The number of rotatable bonds is 9. The van der Waals surface area contributed by atoms with Crippen LogP contribution in [0.1, 0.15) is 56.1 Å². The van der Waals surface area contributed by atoms with E-state index in [1.807, 2.05) is 13.8 Å². The van der Waals surface area contributed by atoms with Crippen LogP contribution in [-0.2, 0) is 16.3 Å². The van der Waals surface area contributed by atoms with Crippen molar-refractivity contribution in [2.45, 2.75) is 55.4 Å². The molecular weight excluding hydrogens is 519 g/mol. The number of benzene rings is 2. The molecule has 1 atom stereocenters. The van der Waals surface area contributed by atoms with E-state index in [9.17, 15) is 28.0 Å². The molecule has 0 spiro atoms. The largest absolute Gasteiger partial charge is 0.493 e. The number of aryl methyl sites for hydroxylation is 1. The highest BCUT2D eigenvalue weighted by molar-refractivity contribution is 7.91. The van der Waals surface area contributed by atoms with E-state index in [1.165, 1.54) is 41.1 Å². The molecule has 0 fully saturated rings. The van der Waals surface area contributed by atoms with Crippen molar-refractivity contribution < 1.29 is 17.9 Å². The topological polar surface area (TPSA) is 126 Å². The van der Waals surface area contributed by atoms with Crippen molar-refractivity contribution >= 4 is 9.84 Å². The predicted octanol–water partition coefficient (Wildman–Crippen LogP) is 5.20. The van der Waals surface area contributed by atoms with E-state index >= 15 is 0 Å². The van der Waals surface area contributed by atoms with Crippen LogP contribution in [0.2, 0.25) is 0 Å². The molecule has 0 bridgehead atoms. The number of hydrogen-bond donors (Lipinski definition) is 1. The lowest BCUT2D eigenvalue weighted by Gasteiger charge is -2.25. The Hall–Kier alpha value is -4.36. The van der Waals surface area contributed by atoms with Gasteiger partial charge in [0.05, 0.1) is 22.6 Å². The standard InChI is InChI=1S/C29H27FN4O4S/c1-3-5-11-25-33-28(35)26(29(36)34(25)24(4-2)21-9-6-8-19(17-21)18-31)39(37,38)22-14-12-20(13-15-22)23-10-7-16-32-27(23)30/h6-10,12-17,24,36H,3-5,11H2,1-2H3. The van der Waals surface area contributed by atoms with Gasteiger partial charge in [-0.1, -0.05) is 44.5 Å². The molecule has 2 aromatic carbocycles. The van der Waals surface area contributed by atoms with Crippen LogP contribution >= 0.6 is 0 Å². The zero-order valence-corrected chi connectivity index (χ0v) is 22.3. The van der Waals surface area contributed by atoms with Crippen molar-refractivity contribution in [2.75, 3.05) is 0 Å². The maximum Gasteiger partial charge on any atom is 0.296 e. The maximum absolute atomic E-state index is 14.1. The Morgan fingerprint density at radius 2 is 1.85 bits per heavy atom. The molecule has 0 saturated carbocycles. The Balaban J connectivity index is 1.88. The van der Waals surface area contributed by atoms with Crippen LogP contribution in [-0.4, -0.2) is 28.1 Å². The van der Waals surface area contributed by atoms with Crippen molar-refractivity contribution in [3.63, 3.8) is 0 Å². The lowest BCUT2D eigenvalue weighted by molar-refractivity contribution is 0.358. The lowest BCUT2D eigenvalue weighted by atomic mass is 10.0. The summed E-state index contributed by atoms with van der Waals surface area (Å²) in [5, 5.41) is 20.8. The third kappa shape index (κ3) is 5.45. The number of sulfone groups is 1. The van der Waals surface area contributed by atoms with Crippen molar-refractivity contribution in [2.24, 2.45) is 0 Å². The third-order valence-corrected chi connectivity index (χ3v) is 8.28. The number of aromatic nitrogens is 3. The van der Waals surface area contributed by atoms with Crippen molar-refractivity contribution in [1.82, 2.24) is 14.5 Å². The Labute approximate surface area is 226 Å². The minimum Gasteiger partial charge on any atom is -0.493 e. The van der Waals surface area contributed by atoms with Crippen LogP contribution in [0.15, 0.2) is 81.4 Å². The zero-order valence-electron chi connectivity index (χ0n) is 21.5. The molecule has 0 aliphatic rings. The number of hydrogen-bond acceptors (Lipinski definition) is 7. The van der Waals surface area contributed by atoms with E-state index in [1.54, 1.807) is 30.3 Å². The maximum atomic E-state index is 14.1. The molecule has 200 valence electrons. The molecule has 2 aromatic heterocycles. The minimum atomic E-state index is -4.51. The van der Waals surface area contributed by atoms with Gasteiger partial charge in [-0.25, -0.2) is 13.4 Å².